The standard InChI is InChI=1S/C10H13F2N/c1-2-7-5-3-4-6-8(7)9(13)10(11)12/h3-6,9-10H,2,13H2,1H3. The van der Waals surface area contributed by atoms with Crippen molar-refractivity contribution < 1.29 is 8.78 Å². The first-order valence-corrected chi connectivity index (χ1v) is 4.28. The number of halogens is 2. The van der Waals surface area contributed by atoms with Crippen LogP contribution in [0.1, 0.15) is 24.1 Å². The Bertz CT molecular complexity index is 273. The van der Waals surface area contributed by atoms with Gasteiger partial charge in [-0.2, -0.15) is 0 Å². The predicted molar refractivity (Wildman–Crippen MR) is 48.8 cm³/mol. The first-order valence-electron chi connectivity index (χ1n) is 4.28. The van der Waals surface area contributed by atoms with Crippen LogP contribution in [0, 0.1) is 0 Å². The molecular formula is C10H13F2N. The van der Waals surface area contributed by atoms with Crippen LogP contribution in [0.15, 0.2) is 24.3 Å². The van der Waals surface area contributed by atoms with Crippen molar-refractivity contribution in [1.29, 1.82) is 0 Å². The van der Waals surface area contributed by atoms with E-state index in [2.05, 4.69) is 0 Å². The molecule has 13 heavy (non-hydrogen) atoms. The van der Waals surface area contributed by atoms with Crippen LogP contribution in [-0.2, 0) is 6.42 Å². The van der Waals surface area contributed by atoms with Gasteiger partial charge in [-0.05, 0) is 17.5 Å². The summed E-state index contributed by atoms with van der Waals surface area (Å²) >= 11 is 0. The van der Waals surface area contributed by atoms with Gasteiger partial charge < -0.3 is 5.73 Å². The molecule has 0 aliphatic rings. The third-order valence-electron chi connectivity index (χ3n) is 2.07. The van der Waals surface area contributed by atoms with Crippen LogP contribution in [0.5, 0.6) is 0 Å². The Morgan fingerprint density at radius 1 is 1.31 bits per heavy atom. The summed E-state index contributed by atoms with van der Waals surface area (Å²) in [5.74, 6) is 0. The normalized spacial score (nSPS) is 13.3. The van der Waals surface area contributed by atoms with E-state index in [1.165, 1.54) is 0 Å². The van der Waals surface area contributed by atoms with Crippen LogP contribution in [0.2, 0.25) is 0 Å². The van der Waals surface area contributed by atoms with Gasteiger partial charge in [0.05, 0.1) is 6.04 Å². The minimum atomic E-state index is -2.49. The van der Waals surface area contributed by atoms with E-state index >= 15 is 0 Å². The maximum atomic E-state index is 12.3. The van der Waals surface area contributed by atoms with Crippen molar-refractivity contribution in [3.8, 4) is 0 Å². The number of hydrogen-bond donors (Lipinski definition) is 1. The Balaban J connectivity index is 2.98. The summed E-state index contributed by atoms with van der Waals surface area (Å²) < 4.78 is 24.6. The lowest BCUT2D eigenvalue weighted by molar-refractivity contribution is 0.116. The van der Waals surface area contributed by atoms with Gasteiger partial charge in [-0.1, -0.05) is 31.2 Å². The van der Waals surface area contributed by atoms with Crippen LogP contribution in [0.4, 0.5) is 8.78 Å². The van der Waals surface area contributed by atoms with E-state index < -0.39 is 12.5 Å². The number of aryl methyl sites for hydroxylation is 1. The number of benzene rings is 1. The van der Waals surface area contributed by atoms with E-state index in [-0.39, 0.29) is 0 Å². The molecule has 0 amide bonds. The zero-order chi connectivity index (χ0) is 9.84. The highest BCUT2D eigenvalue weighted by Gasteiger charge is 2.19. The molecule has 1 nitrogen and oxygen atoms in total. The molecule has 0 aromatic heterocycles. The van der Waals surface area contributed by atoms with E-state index in [9.17, 15) is 8.78 Å². The second-order valence-corrected chi connectivity index (χ2v) is 2.91. The van der Waals surface area contributed by atoms with Gasteiger partial charge in [-0.15, -0.1) is 0 Å². The molecule has 0 heterocycles. The largest absolute Gasteiger partial charge is 0.319 e. The molecule has 3 heteroatoms. The van der Waals surface area contributed by atoms with Gasteiger partial charge in [-0.25, -0.2) is 8.78 Å². The van der Waals surface area contributed by atoms with Crippen LogP contribution in [-0.4, -0.2) is 6.43 Å². The molecule has 0 bridgehead atoms. The summed E-state index contributed by atoms with van der Waals surface area (Å²) in [6.07, 6.45) is -1.76. The molecule has 2 N–H and O–H groups in total. The van der Waals surface area contributed by atoms with Gasteiger partial charge in [0.15, 0.2) is 0 Å². The van der Waals surface area contributed by atoms with Crippen LogP contribution >= 0.6 is 0 Å². The highest BCUT2D eigenvalue weighted by atomic mass is 19.3. The predicted octanol–water partition coefficient (Wildman–Crippen LogP) is 2.51. The van der Waals surface area contributed by atoms with Crippen molar-refractivity contribution in [2.75, 3.05) is 0 Å². The lowest BCUT2D eigenvalue weighted by Gasteiger charge is -2.14. The second kappa shape index (κ2) is 4.33. The quantitative estimate of drug-likeness (QED) is 0.769. The number of alkyl halides is 2. The van der Waals surface area contributed by atoms with E-state index in [4.69, 9.17) is 5.73 Å². The molecule has 1 atom stereocenters. The topological polar surface area (TPSA) is 26.0 Å². The summed E-state index contributed by atoms with van der Waals surface area (Å²) in [6, 6.07) is 5.90. The maximum Gasteiger partial charge on any atom is 0.257 e. The molecule has 1 aromatic rings. The van der Waals surface area contributed by atoms with E-state index in [0.717, 1.165) is 12.0 Å². The Labute approximate surface area is 76.6 Å². The zero-order valence-electron chi connectivity index (χ0n) is 7.50. The van der Waals surface area contributed by atoms with Crippen LogP contribution in [0.25, 0.3) is 0 Å². The molecule has 72 valence electrons. The first-order chi connectivity index (χ1) is 6.16. The number of nitrogens with two attached hydrogens (primary N) is 1. The highest BCUT2D eigenvalue weighted by Crippen LogP contribution is 2.21. The molecule has 1 unspecified atom stereocenters. The summed E-state index contributed by atoms with van der Waals surface area (Å²) in [4.78, 5) is 0. The molecule has 0 saturated carbocycles. The molecular weight excluding hydrogens is 172 g/mol. The van der Waals surface area contributed by atoms with Crippen LogP contribution in [0.3, 0.4) is 0 Å². The van der Waals surface area contributed by atoms with Crippen LogP contribution < -0.4 is 5.73 Å². The average molecular weight is 185 g/mol. The Morgan fingerprint density at radius 3 is 2.46 bits per heavy atom. The lowest BCUT2D eigenvalue weighted by atomic mass is 9.99. The minimum absolute atomic E-state index is 0.556. The van der Waals surface area contributed by atoms with Gasteiger partial charge in [0.1, 0.15) is 0 Å². The summed E-state index contributed by atoms with van der Waals surface area (Å²) in [7, 11) is 0. The molecule has 0 aliphatic heterocycles. The fourth-order valence-corrected chi connectivity index (χ4v) is 1.32. The van der Waals surface area contributed by atoms with Gasteiger partial charge >= 0.3 is 0 Å². The molecule has 0 aliphatic carbocycles. The Kier molecular flexibility index (Phi) is 3.37. The fraction of sp³-hybridized carbons (Fsp3) is 0.400. The second-order valence-electron chi connectivity index (χ2n) is 2.91. The fourth-order valence-electron chi connectivity index (χ4n) is 1.32. The van der Waals surface area contributed by atoms with E-state index in [1.807, 2.05) is 19.1 Å². The van der Waals surface area contributed by atoms with Gasteiger partial charge in [-0.3, -0.25) is 0 Å². The third kappa shape index (κ3) is 2.25. The Hall–Kier alpha value is -0.960. The molecule has 1 aromatic carbocycles. The highest BCUT2D eigenvalue weighted by molar-refractivity contribution is 5.30. The van der Waals surface area contributed by atoms with Crippen molar-refractivity contribution in [2.45, 2.75) is 25.8 Å². The van der Waals surface area contributed by atoms with Crippen molar-refractivity contribution in [1.82, 2.24) is 0 Å². The SMILES string of the molecule is CCc1ccccc1C(N)C(F)F. The Morgan fingerprint density at radius 2 is 1.92 bits per heavy atom. The van der Waals surface area contributed by atoms with Gasteiger partial charge in [0, 0.05) is 0 Å². The summed E-state index contributed by atoms with van der Waals surface area (Å²) in [5.41, 5.74) is 6.82. The third-order valence-corrected chi connectivity index (χ3v) is 2.07. The van der Waals surface area contributed by atoms with Crippen molar-refractivity contribution in [3.05, 3.63) is 35.4 Å². The average Bonchev–Trinajstić information content (AvgIpc) is 2.16. The van der Waals surface area contributed by atoms with E-state index in [1.54, 1.807) is 12.1 Å². The van der Waals surface area contributed by atoms with Gasteiger partial charge in [0.2, 0.25) is 0 Å². The molecule has 1 rings (SSSR count). The molecule has 0 radical (unpaired) electrons. The molecule has 0 fully saturated rings. The summed E-state index contributed by atoms with van der Waals surface area (Å²) in [5, 5.41) is 0. The zero-order valence-corrected chi connectivity index (χ0v) is 7.50. The first kappa shape index (κ1) is 10.1. The monoisotopic (exact) mass is 185 g/mol. The molecule has 0 spiro atoms. The van der Waals surface area contributed by atoms with Crippen molar-refractivity contribution >= 4 is 0 Å². The minimum Gasteiger partial charge on any atom is -0.319 e. The summed E-state index contributed by atoms with van der Waals surface area (Å²) in [6.45, 7) is 1.93. The smallest absolute Gasteiger partial charge is 0.257 e. The number of hydrogen-bond acceptors (Lipinski definition) is 1. The molecule has 0 saturated heterocycles. The maximum absolute atomic E-state index is 12.3. The number of rotatable bonds is 3. The van der Waals surface area contributed by atoms with Crippen molar-refractivity contribution in [3.63, 3.8) is 0 Å². The van der Waals surface area contributed by atoms with Gasteiger partial charge in [0.25, 0.3) is 6.43 Å². The van der Waals surface area contributed by atoms with E-state index in [0.29, 0.717) is 5.56 Å². The van der Waals surface area contributed by atoms with Crippen molar-refractivity contribution in [2.24, 2.45) is 5.73 Å². The lowest BCUT2D eigenvalue weighted by Crippen LogP contribution is -2.20.